The van der Waals surface area contributed by atoms with Gasteiger partial charge in [0.2, 0.25) is 0 Å². The molecule has 0 amide bonds. The Morgan fingerprint density at radius 2 is 1.86 bits per heavy atom. The number of nitrogens with one attached hydrogen (secondary N) is 2. The molecule has 0 aliphatic rings. The van der Waals surface area contributed by atoms with Crippen LogP contribution in [0.2, 0.25) is 0 Å². The van der Waals surface area contributed by atoms with Crippen molar-refractivity contribution in [2.75, 3.05) is 6.54 Å². The molecule has 0 radical (unpaired) electrons. The van der Waals surface area contributed by atoms with Gasteiger partial charge in [0.15, 0.2) is 0 Å². The van der Waals surface area contributed by atoms with Crippen LogP contribution in [0, 0.1) is 5.92 Å². The van der Waals surface area contributed by atoms with Gasteiger partial charge in [0.05, 0.1) is 0 Å². The van der Waals surface area contributed by atoms with Gasteiger partial charge < -0.3 is 0 Å². The minimum atomic E-state index is 0.229. The van der Waals surface area contributed by atoms with E-state index < -0.39 is 0 Å². The molecule has 0 rings (SSSR count). The highest BCUT2D eigenvalue weighted by molar-refractivity contribution is 4.73. The summed E-state index contributed by atoms with van der Waals surface area (Å²) in [4.78, 5) is 0. The molecule has 0 saturated carbocycles. The Morgan fingerprint density at radius 1 is 1.21 bits per heavy atom. The summed E-state index contributed by atoms with van der Waals surface area (Å²) in [7, 11) is 0. The summed E-state index contributed by atoms with van der Waals surface area (Å²) >= 11 is 0. The largest absolute Gasteiger partial charge is 0.257 e. The molecule has 0 aromatic rings. The second kappa shape index (κ2) is 7.24. The Labute approximate surface area is 89.8 Å². The van der Waals surface area contributed by atoms with E-state index in [1.54, 1.807) is 0 Å². The van der Waals surface area contributed by atoms with Crippen molar-refractivity contribution < 1.29 is 0 Å². The lowest BCUT2D eigenvalue weighted by atomic mass is 10.0. The molecule has 2 N–H and O–H groups in total. The van der Waals surface area contributed by atoms with E-state index in [-0.39, 0.29) is 5.54 Å². The molecule has 14 heavy (non-hydrogen) atoms. The zero-order valence-electron chi connectivity index (χ0n) is 10.6. The number of rotatable bonds is 8. The van der Waals surface area contributed by atoms with Crippen LogP contribution in [0.25, 0.3) is 0 Å². The molecule has 0 saturated heterocycles. The van der Waals surface area contributed by atoms with Gasteiger partial charge in [-0.2, -0.15) is 0 Å². The van der Waals surface area contributed by atoms with Gasteiger partial charge in [-0.05, 0) is 39.0 Å². The predicted molar refractivity (Wildman–Crippen MR) is 64.2 cm³/mol. The van der Waals surface area contributed by atoms with E-state index in [1.165, 1.54) is 25.7 Å². The molecular formula is C12H28N2. The maximum atomic E-state index is 3.38. The fourth-order valence-corrected chi connectivity index (χ4v) is 1.59. The summed E-state index contributed by atoms with van der Waals surface area (Å²) in [5.74, 6) is 0.820. The highest BCUT2D eigenvalue weighted by atomic mass is 15.4. The minimum Gasteiger partial charge on any atom is -0.257 e. The summed E-state index contributed by atoms with van der Waals surface area (Å²) in [6.45, 7) is 12.3. The van der Waals surface area contributed by atoms with Crippen LogP contribution >= 0.6 is 0 Å². The van der Waals surface area contributed by atoms with Crippen molar-refractivity contribution in [3.05, 3.63) is 0 Å². The third-order valence-corrected chi connectivity index (χ3v) is 2.39. The first kappa shape index (κ1) is 13.9. The summed E-state index contributed by atoms with van der Waals surface area (Å²) < 4.78 is 0. The zero-order valence-corrected chi connectivity index (χ0v) is 10.6. The van der Waals surface area contributed by atoms with E-state index in [9.17, 15) is 0 Å². The number of hydrazine groups is 1. The van der Waals surface area contributed by atoms with Crippen molar-refractivity contribution in [1.29, 1.82) is 0 Å². The third-order valence-electron chi connectivity index (χ3n) is 2.39. The SMILES string of the molecule is CCCC(C)(C)NNCCCC(C)C. The van der Waals surface area contributed by atoms with Crippen LogP contribution in [0.15, 0.2) is 0 Å². The van der Waals surface area contributed by atoms with Crippen molar-refractivity contribution in [3.63, 3.8) is 0 Å². The van der Waals surface area contributed by atoms with Crippen LogP contribution in [-0.2, 0) is 0 Å². The van der Waals surface area contributed by atoms with Gasteiger partial charge in [-0.25, -0.2) is 0 Å². The zero-order chi connectivity index (χ0) is 11.0. The molecule has 0 aliphatic carbocycles. The quantitative estimate of drug-likeness (QED) is 0.465. The topological polar surface area (TPSA) is 24.1 Å². The van der Waals surface area contributed by atoms with E-state index in [1.807, 2.05) is 0 Å². The van der Waals surface area contributed by atoms with E-state index in [0.717, 1.165) is 12.5 Å². The molecule has 0 bridgehead atoms. The Hall–Kier alpha value is -0.0800. The highest BCUT2D eigenvalue weighted by Gasteiger charge is 2.14. The molecule has 0 aromatic carbocycles. The minimum absolute atomic E-state index is 0.229. The van der Waals surface area contributed by atoms with Gasteiger partial charge in [0.1, 0.15) is 0 Å². The second-order valence-electron chi connectivity index (χ2n) is 5.22. The van der Waals surface area contributed by atoms with Gasteiger partial charge >= 0.3 is 0 Å². The maximum Gasteiger partial charge on any atom is 0.0267 e. The normalized spacial score (nSPS) is 12.4. The molecule has 0 atom stereocenters. The molecule has 0 spiro atoms. The summed E-state index contributed by atoms with van der Waals surface area (Å²) in [5, 5.41) is 0. The lowest BCUT2D eigenvalue weighted by molar-refractivity contribution is 0.304. The van der Waals surface area contributed by atoms with Crippen molar-refractivity contribution in [3.8, 4) is 0 Å². The predicted octanol–water partition coefficient (Wildman–Crippen LogP) is 3.10. The Kier molecular flexibility index (Phi) is 7.20. The standard InChI is InChI=1S/C12H28N2/c1-6-9-12(4,5)14-13-10-7-8-11(2)3/h11,13-14H,6-10H2,1-5H3. The number of hydrogen-bond acceptors (Lipinski definition) is 2. The number of hydrogen-bond donors (Lipinski definition) is 2. The van der Waals surface area contributed by atoms with Crippen LogP contribution in [0.3, 0.4) is 0 Å². The molecular weight excluding hydrogens is 172 g/mol. The first-order valence-electron chi connectivity index (χ1n) is 5.98. The molecule has 86 valence electrons. The third kappa shape index (κ3) is 8.52. The lowest BCUT2D eigenvalue weighted by Crippen LogP contribution is -2.48. The average molecular weight is 200 g/mol. The van der Waals surface area contributed by atoms with Gasteiger partial charge in [0, 0.05) is 12.1 Å². The van der Waals surface area contributed by atoms with Gasteiger partial charge in [-0.15, -0.1) is 0 Å². The molecule has 0 heterocycles. The summed E-state index contributed by atoms with van der Waals surface area (Å²) in [5.41, 5.74) is 6.93. The van der Waals surface area contributed by atoms with Crippen LogP contribution in [0.4, 0.5) is 0 Å². The molecule has 2 heteroatoms. The molecule has 0 aliphatic heterocycles. The first-order valence-corrected chi connectivity index (χ1v) is 5.98. The fraction of sp³-hybridized carbons (Fsp3) is 1.00. The van der Waals surface area contributed by atoms with Crippen molar-refractivity contribution in [2.45, 2.75) is 65.8 Å². The van der Waals surface area contributed by atoms with E-state index in [0.29, 0.717) is 0 Å². The maximum absolute atomic E-state index is 3.38. The molecule has 0 fully saturated rings. The van der Waals surface area contributed by atoms with Gasteiger partial charge in [-0.1, -0.05) is 27.2 Å². The molecule has 2 nitrogen and oxygen atoms in total. The van der Waals surface area contributed by atoms with Gasteiger partial charge in [-0.3, -0.25) is 10.9 Å². The molecule has 0 aromatic heterocycles. The van der Waals surface area contributed by atoms with Gasteiger partial charge in [0.25, 0.3) is 0 Å². The van der Waals surface area contributed by atoms with E-state index >= 15 is 0 Å². The van der Waals surface area contributed by atoms with Crippen molar-refractivity contribution in [2.24, 2.45) is 5.92 Å². The Balaban J connectivity index is 3.34. The van der Waals surface area contributed by atoms with Crippen LogP contribution in [0.5, 0.6) is 0 Å². The smallest absolute Gasteiger partial charge is 0.0267 e. The second-order valence-corrected chi connectivity index (χ2v) is 5.22. The Morgan fingerprint density at radius 3 is 2.36 bits per heavy atom. The molecule has 0 unspecified atom stereocenters. The monoisotopic (exact) mass is 200 g/mol. The summed E-state index contributed by atoms with van der Waals surface area (Å²) in [6, 6.07) is 0. The van der Waals surface area contributed by atoms with Crippen LogP contribution in [0.1, 0.15) is 60.3 Å². The Bertz CT molecular complexity index is 130. The van der Waals surface area contributed by atoms with Crippen molar-refractivity contribution in [1.82, 2.24) is 10.9 Å². The average Bonchev–Trinajstić information content (AvgIpc) is 2.02. The van der Waals surface area contributed by atoms with Crippen molar-refractivity contribution >= 4 is 0 Å². The van der Waals surface area contributed by atoms with Crippen LogP contribution in [-0.4, -0.2) is 12.1 Å². The lowest BCUT2D eigenvalue weighted by Gasteiger charge is -2.26. The fourth-order valence-electron chi connectivity index (χ4n) is 1.59. The van der Waals surface area contributed by atoms with Crippen LogP contribution < -0.4 is 10.9 Å². The van der Waals surface area contributed by atoms with E-state index in [4.69, 9.17) is 0 Å². The van der Waals surface area contributed by atoms with E-state index in [2.05, 4.69) is 45.5 Å². The first-order chi connectivity index (χ1) is 6.48. The highest BCUT2D eigenvalue weighted by Crippen LogP contribution is 2.09. The summed E-state index contributed by atoms with van der Waals surface area (Å²) in [6.07, 6.45) is 5.01.